The fourth-order valence-corrected chi connectivity index (χ4v) is 3.46. The molecule has 27 heavy (non-hydrogen) atoms. The van der Waals surface area contributed by atoms with Crippen molar-refractivity contribution in [3.8, 4) is 0 Å². The molecule has 1 aromatic rings. The lowest BCUT2D eigenvalue weighted by atomic mass is 10.1. The molecular formula is C18H31N7O2. The summed E-state index contributed by atoms with van der Waals surface area (Å²) in [6, 6.07) is 0.285. The second-order valence-electron chi connectivity index (χ2n) is 7.97. The van der Waals surface area contributed by atoms with E-state index in [1.165, 1.54) is 6.33 Å². The van der Waals surface area contributed by atoms with E-state index in [-0.39, 0.29) is 23.8 Å². The van der Waals surface area contributed by atoms with E-state index >= 15 is 0 Å². The third kappa shape index (κ3) is 4.65. The van der Waals surface area contributed by atoms with Crippen molar-refractivity contribution in [1.82, 2.24) is 34.4 Å². The highest BCUT2D eigenvalue weighted by molar-refractivity contribution is 5.82. The zero-order valence-electron chi connectivity index (χ0n) is 16.8. The first kappa shape index (κ1) is 19.8. The van der Waals surface area contributed by atoms with Gasteiger partial charge in [-0.25, -0.2) is 9.67 Å². The number of rotatable bonds is 4. The molecule has 1 fully saturated rings. The zero-order valence-corrected chi connectivity index (χ0v) is 16.8. The van der Waals surface area contributed by atoms with Gasteiger partial charge in [-0.15, -0.1) is 0 Å². The number of nitrogens with zero attached hydrogens (tertiary/aromatic N) is 7. The normalized spacial score (nSPS) is 21.5. The molecular weight excluding hydrogens is 346 g/mol. The van der Waals surface area contributed by atoms with Gasteiger partial charge in [-0.2, -0.15) is 5.10 Å². The highest BCUT2D eigenvalue weighted by atomic mass is 16.2. The molecule has 3 rings (SSSR count). The Labute approximate surface area is 160 Å². The fraction of sp³-hybridized carbons (Fsp3) is 0.778. The molecule has 1 atom stereocenters. The van der Waals surface area contributed by atoms with Gasteiger partial charge in [-0.05, 0) is 27.9 Å². The molecule has 1 aromatic heterocycles. The van der Waals surface area contributed by atoms with Gasteiger partial charge in [0.25, 0.3) is 0 Å². The molecule has 9 heteroatoms. The minimum absolute atomic E-state index is 0.0267. The van der Waals surface area contributed by atoms with Gasteiger partial charge in [-0.1, -0.05) is 0 Å². The average Bonchev–Trinajstić information content (AvgIpc) is 2.98. The molecule has 0 N–H and O–H groups in total. The van der Waals surface area contributed by atoms with Gasteiger partial charge in [0.15, 0.2) is 0 Å². The predicted octanol–water partition coefficient (Wildman–Crippen LogP) is -0.649. The van der Waals surface area contributed by atoms with E-state index in [1.54, 1.807) is 9.58 Å². The standard InChI is InChI=1S/C18H31N7O2/c1-14(2)22(4)12-17(26)24-9-15(10-25-16(11-24)19-13-20-25)18(27)23-7-5-21(3)6-8-23/h13-15H,5-12H2,1-4H3. The Bertz CT molecular complexity index is 666. The molecule has 0 saturated carbocycles. The zero-order chi connectivity index (χ0) is 19.6. The Morgan fingerprint density at radius 3 is 2.56 bits per heavy atom. The first-order valence-corrected chi connectivity index (χ1v) is 9.67. The van der Waals surface area contributed by atoms with Gasteiger partial charge in [0.05, 0.1) is 25.6 Å². The van der Waals surface area contributed by atoms with E-state index in [9.17, 15) is 9.59 Å². The highest BCUT2D eigenvalue weighted by Gasteiger charge is 2.34. The lowest BCUT2D eigenvalue weighted by Gasteiger charge is -2.35. The summed E-state index contributed by atoms with van der Waals surface area (Å²) < 4.78 is 1.78. The number of amides is 2. The van der Waals surface area contributed by atoms with Crippen LogP contribution in [0.3, 0.4) is 0 Å². The lowest BCUT2D eigenvalue weighted by Crippen LogP contribution is -2.51. The van der Waals surface area contributed by atoms with Crippen LogP contribution < -0.4 is 0 Å². The molecule has 2 aliphatic heterocycles. The molecule has 9 nitrogen and oxygen atoms in total. The van der Waals surface area contributed by atoms with Gasteiger partial charge >= 0.3 is 0 Å². The average molecular weight is 377 g/mol. The number of carbonyl (C=O) groups is 2. The monoisotopic (exact) mass is 377 g/mol. The summed E-state index contributed by atoms with van der Waals surface area (Å²) in [4.78, 5) is 38.2. The van der Waals surface area contributed by atoms with Crippen molar-refractivity contribution < 1.29 is 9.59 Å². The number of aromatic nitrogens is 3. The van der Waals surface area contributed by atoms with Crippen molar-refractivity contribution in [3.05, 3.63) is 12.2 Å². The maximum atomic E-state index is 13.1. The fourth-order valence-electron chi connectivity index (χ4n) is 3.46. The molecule has 150 valence electrons. The van der Waals surface area contributed by atoms with Crippen LogP contribution >= 0.6 is 0 Å². The summed E-state index contributed by atoms with van der Waals surface area (Å²) in [5.41, 5.74) is 0. The van der Waals surface area contributed by atoms with Crippen LogP contribution in [0.15, 0.2) is 6.33 Å². The number of piperazine rings is 1. The van der Waals surface area contributed by atoms with Crippen LogP contribution in [0.5, 0.6) is 0 Å². The predicted molar refractivity (Wildman–Crippen MR) is 101 cm³/mol. The van der Waals surface area contributed by atoms with Crippen molar-refractivity contribution in [2.45, 2.75) is 33.0 Å². The SMILES string of the molecule is CC(C)N(C)CC(=O)N1Cc2ncnn2CC(C(=O)N2CCN(C)CC2)C1. The number of likely N-dealkylation sites (N-methyl/N-ethyl adjacent to an activating group) is 2. The highest BCUT2D eigenvalue weighted by Crippen LogP contribution is 2.18. The summed E-state index contributed by atoms with van der Waals surface area (Å²) >= 11 is 0. The van der Waals surface area contributed by atoms with Gasteiger partial charge in [-0.3, -0.25) is 14.5 Å². The van der Waals surface area contributed by atoms with E-state index in [1.807, 2.05) is 16.8 Å². The molecule has 2 amide bonds. The third-order valence-corrected chi connectivity index (χ3v) is 5.65. The molecule has 1 saturated heterocycles. The summed E-state index contributed by atoms with van der Waals surface area (Å²) in [5.74, 6) is 0.592. The topological polar surface area (TPSA) is 77.8 Å². The van der Waals surface area contributed by atoms with Crippen LogP contribution in [0, 0.1) is 5.92 Å². The largest absolute Gasteiger partial charge is 0.340 e. The third-order valence-electron chi connectivity index (χ3n) is 5.65. The van der Waals surface area contributed by atoms with E-state index in [2.05, 4.69) is 35.9 Å². The van der Waals surface area contributed by atoms with Gasteiger partial charge in [0.1, 0.15) is 12.2 Å². The van der Waals surface area contributed by atoms with Crippen LogP contribution in [-0.4, -0.2) is 106 Å². The molecule has 0 aromatic carbocycles. The number of carbonyl (C=O) groups excluding carboxylic acids is 2. The number of fused-ring (bicyclic) bond motifs is 1. The van der Waals surface area contributed by atoms with Crippen molar-refractivity contribution in [1.29, 1.82) is 0 Å². The maximum Gasteiger partial charge on any atom is 0.237 e. The van der Waals surface area contributed by atoms with Crippen molar-refractivity contribution in [2.75, 3.05) is 53.4 Å². The summed E-state index contributed by atoms with van der Waals surface area (Å²) in [6.45, 7) is 8.99. The first-order chi connectivity index (χ1) is 12.8. The lowest BCUT2D eigenvalue weighted by molar-refractivity contribution is -0.140. The van der Waals surface area contributed by atoms with Crippen LogP contribution in [0.25, 0.3) is 0 Å². The Hall–Kier alpha value is -2.00. The van der Waals surface area contributed by atoms with E-state index < -0.39 is 0 Å². The smallest absolute Gasteiger partial charge is 0.237 e. The minimum Gasteiger partial charge on any atom is -0.340 e. The molecule has 0 bridgehead atoms. The Kier molecular flexibility index (Phi) is 6.11. The number of hydrogen-bond donors (Lipinski definition) is 0. The minimum atomic E-state index is -0.287. The Balaban J connectivity index is 1.74. The first-order valence-electron chi connectivity index (χ1n) is 9.67. The number of hydrogen-bond acceptors (Lipinski definition) is 6. The summed E-state index contributed by atoms with van der Waals surface area (Å²) in [6.07, 6.45) is 1.50. The Morgan fingerprint density at radius 1 is 1.19 bits per heavy atom. The van der Waals surface area contributed by atoms with Gasteiger partial charge in [0, 0.05) is 38.8 Å². The van der Waals surface area contributed by atoms with Crippen LogP contribution in [0.1, 0.15) is 19.7 Å². The molecule has 0 spiro atoms. The van der Waals surface area contributed by atoms with E-state index in [0.29, 0.717) is 26.2 Å². The quantitative estimate of drug-likeness (QED) is 0.694. The van der Waals surface area contributed by atoms with E-state index in [4.69, 9.17) is 0 Å². The molecule has 1 unspecified atom stereocenters. The second kappa shape index (κ2) is 8.35. The van der Waals surface area contributed by atoms with Crippen molar-refractivity contribution in [3.63, 3.8) is 0 Å². The van der Waals surface area contributed by atoms with Crippen molar-refractivity contribution in [2.24, 2.45) is 5.92 Å². The van der Waals surface area contributed by atoms with Gasteiger partial charge < -0.3 is 14.7 Å². The van der Waals surface area contributed by atoms with Gasteiger partial charge in [0.2, 0.25) is 11.8 Å². The second-order valence-corrected chi connectivity index (χ2v) is 7.97. The van der Waals surface area contributed by atoms with Crippen LogP contribution in [-0.2, 0) is 22.7 Å². The van der Waals surface area contributed by atoms with Crippen molar-refractivity contribution >= 4 is 11.8 Å². The van der Waals surface area contributed by atoms with Crippen LogP contribution in [0.4, 0.5) is 0 Å². The molecule has 3 heterocycles. The Morgan fingerprint density at radius 2 is 1.89 bits per heavy atom. The maximum absolute atomic E-state index is 13.1. The summed E-state index contributed by atoms with van der Waals surface area (Å²) in [5, 5.41) is 4.27. The summed E-state index contributed by atoms with van der Waals surface area (Å²) in [7, 11) is 4.01. The molecule has 0 aliphatic carbocycles. The van der Waals surface area contributed by atoms with E-state index in [0.717, 1.165) is 32.0 Å². The molecule has 0 radical (unpaired) electrons. The van der Waals surface area contributed by atoms with Crippen LogP contribution in [0.2, 0.25) is 0 Å². The molecule has 2 aliphatic rings.